The number of nitrogens with one attached hydrogen (secondary N) is 1. The monoisotopic (exact) mass is 391 g/mol. The molecule has 3 N–H and O–H groups in total. The maximum atomic E-state index is 12.1. The van der Waals surface area contributed by atoms with Gasteiger partial charge in [-0.2, -0.15) is 0 Å². The Morgan fingerprint density at radius 3 is 2.64 bits per heavy atom. The SMILES string of the molecule is Cc1cc(Br)ccc1CS(=O)(=O)NC[C@]1(O)C[C@@H](C(=O)O)C1. The van der Waals surface area contributed by atoms with Gasteiger partial charge in [-0.1, -0.05) is 22.0 Å². The zero-order valence-corrected chi connectivity index (χ0v) is 14.4. The van der Waals surface area contributed by atoms with Crippen LogP contribution in [0.4, 0.5) is 0 Å². The van der Waals surface area contributed by atoms with Crippen LogP contribution in [0.5, 0.6) is 0 Å². The van der Waals surface area contributed by atoms with Crippen LogP contribution in [-0.4, -0.2) is 36.7 Å². The van der Waals surface area contributed by atoms with E-state index >= 15 is 0 Å². The third-order valence-corrected chi connectivity index (χ3v) is 5.64. The number of sulfonamides is 1. The zero-order valence-electron chi connectivity index (χ0n) is 12.0. The van der Waals surface area contributed by atoms with E-state index in [0.717, 1.165) is 10.0 Å². The number of aliphatic hydroxyl groups is 1. The molecule has 22 heavy (non-hydrogen) atoms. The Morgan fingerprint density at radius 1 is 1.45 bits per heavy atom. The summed E-state index contributed by atoms with van der Waals surface area (Å²) < 4.78 is 27.4. The largest absolute Gasteiger partial charge is 0.481 e. The number of carboxylic acid groups (broad SMARTS) is 1. The molecule has 0 unspecified atom stereocenters. The van der Waals surface area contributed by atoms with Crippen molar-refractivity contribution in [1.29, 1.82) is 0 Å². The summed E-state index contributed by atoms with van der Waals surface area (Å²) in [7, 11) is -3.59. The third-order valence-electron chi connectivity index (χ3n) is 3.87. The van der Waals surface area contributed by atoms with Crippen LogP contribution in [0.25, 0.3) is 0 Å². The average Bonchev–Trinajstić information content (AvgIpc) is 2.36. The molecule has 122 valence electrons. The Bertz CT molecular complexity index is 682. The smallest absolute Gasteiger partial charge is 0.306 e. The van der Waals surface area contributed by atoms with Crippen molar-refractivity contribution in [2.45, 2.75) is 31.1 Å². The molecule has 1 saturated carbocycles. The van der Waals surface area contributed by atoms with E-state index in [1.54, 1.807) is 12.1 Å². The van der Waals surface area contributed by atoms with Crippen molar-refractivity contribution in [2.75, 3.05) is 6.54 Å². The Kier molecular flexibility index (Phi) is 4.96. The first-order valence-electron chi connectivity index (χ1n) is 6.78. The van der Waals surface area contributed by atoms with Crippen molar-refractivity contribution in [3.63, 3.8) is 0 Å². The third kappa shape index (κ3) is 4.28. The summed E-state index contributed by atoms with van der Waals surface area (Å²) in [5.41, 5.74) is 0.276. The molecule has 0 aromatic heterocycles. The number of carboxylic acids is 1. The Labute approximate surface area is 137 Å². The lowest BCUT2D eigenvalue weighted by Crippen LogP contribution is -2.54. The first-order valence-corrected chi connectivity index (χ1v) is 9.22. The van der Waals surface area contributed by atoms with Gasteiger partial charge in [-0.25, -0.2) is 13.1 Å². The Balaban J connectivity index is 1.93. The van der Waals surface area contributed by atoms with Crippen molar-refractivity contribution >= 4 is 31.9 Å². The van der Waals surface area contributed by atoms with Crippen LogP contribution in [-0.2, 0) is 20.6 Å². The van der Waals surface area contributed by atoms with Gasteiger partial charge in [0.15, 0.2) is 0 Å². The second-order valence-electron chi connectivity index (χ2n) is 5.82. The maximum absolute atomic E-state index is 12.1. The highest BCUT2D eigenvalue weighted by atomic mass is 79.9. The molecular formula is C14H18BrNO5S. The van der Waals surface area contributed by atoms with Crippen LogP contribution in [0, 0.1) is 12.8 Å². The highest BCUT2D eigenvalue weighted by molar-refractivity contribution is 9.10. The van der Waals surface area contributed by atoms with Crippen LogP contribution >= 0.6 is 15.9 Å². The molecule has 6 nitrogen and oxygen atoms in total. The number of aryl methyl sites for hydroxylation is 1. The van der Waals surface area contributed by atoms with Crippen molar-refractivity contribution in [1.82, 2.24) is 4.72 Å². The number of carbonyl (C=O) groups is 1. The standard InChI is InChI=1S/C14H18BrNO5S/c1-9-4-12(15)3-2-10(9)7-22(20,21)16-8-14(19)5-11(6-14)13(17)18/h2-4,11,16,19H,5-8H2,1H3,(H,17,18)/t11-,14+. The fraction of sp³-hybridized carbons (Fsp3) is 0.500. The van der Waals surface area contributed by atoms with Crippen LogP contribution in [0.2, 0.25) is 0 Å². The number of hydrogen-bond donors (Lipinski definition) is 3. The molecular weight excluding hydrogens is 374 g/mol. The van der Waals surface area contributed by atoms with E-state index in [2.05, 4.69) is 20.7 Å². The lowest BCUT2D eigenvalue weighted by molar-refractivity contribution is -0.157. The normalized spacial score (nSPS) is 24.8. The summed E-state index contributed by atoms with van der Waals surface area (Å²) in [5.74, 6) is -1.73. The van der Waals surface area contributed by atoms with Gasteiger partial charge in [0.2, 0.25) is 10.0 Å². The Morgan fingerprint density at radius 2 is 2.09 bits per heavy atom. The number of benzene rings is 1. The van der Waals surface area contributed by atoms with E-state index in [4.69, 9.17) is 5.11 Å². The van der Waals surface area contributed by atoms with E-state index in [9.17, 15) is 18.3 Å². The van der Waals surface area contributed by atoms with Gasteiger partial charge in [0.25, 0.3) is 0 Å². The van der Waals surface area contributed by atoms with E-state index in [0.29, 0.717) is 5.56 Å². The van der Waals surface area contributed by atoms with Crippen molar-refractivity contribution < 1.29 is 23.4 Å². The molecule has 2 rings (SSSR count). The van der Waals surface area contributed by atoms with Gasteiger partial charge in [0, 0.05) is 11.0 Å². The highest BCUT2D eigenvalue weighted by Crippen LogP contribution is 2.37. The summed E-state index contributed by atoms with van der Waals surface area (Å²) >= 11 is 3.32. The molecule has 1 aliphatic carbocycles. The predicted octanol–water partition coefficient (Wildman–Crippen LogP) is 1.40. The summed E-state index contributed by atoms with van der Waals surface area (Å²) in [6, 6.07) is 5.34. The molecule has 0 atom stereocenters. The maximum Gasteiger partial charge on any atom is 0.306 e. The van der Waals surface area contributed by atoms with Crippen LogP contribution in [0.1, 0.15) is 24.0 Å². The summed E-state index contributed by atoms with van der Waals surface area (Å²) in [5, 5.41) is 18.8. The molecule has 0 spiro atoms. The molecule has 0 aliphatic heterocycles. The van der Waals surface area contributed by atoms with Gasteiger partial charge >= 0.3 is 5.97 Å². The number of aliphatic carboxylic acids is 1. The van der Waals surface area contributed by atoms with Crippen LogP contribution in [0.3, 0.4) is 0 Å². The average molecular weight is 392 g/mol. The number of hydrogen-bond acceptors (Lipinski definition) is 4. The molecule has 8 heteroatoms. The zero-order chi connectivity index (χ0) is 16.5. The predicted molar refractivity (Wildman–Crippen MR) is 84.8 cm³/mol. The van der Waals surface area contributed by atoms with E-state index in [-0.39, 0.29) is 25.1 Å². The van der Waals surface area contributed by atoms with Crippen molar-refractivity contribution in [3.05, 3.63) is 33.8 Å². The van der Waals surface area contributed by atoms with Gasteiger partial charge in [-0.05, 0) is 43.0 Å². The molecule has 0 amide bonds. The summed E-state index contributed by atoms with van der Waals surface area (Å²) in [4.78, 5) is 10.7. The molecule has 0 heterocycles. The fourth-order valence-electron chi connectivity index (χ4n) is 2.50. The fourth-order valence-corrected chi connectivity index (χ4v) is 4.30. The lowest BCUT2D eigenvalue weighted by Gasteiger charge is -2.41. The second kappa shape index (κ2) is 6.27. The van der Waals surface area contributed by atoms with Gasteiger partial charge in [-0.3, -0.25) is 4.79 Å². The molecule has 1 aromatic rings. The van der Waals surface area contributed by atoms with Crippen LogP contribution in [0.15, 0.2) is 22.7 Å². The first kappa shape index (κ1) is 17.4. The van der Waals surface area contributed by atoms with Crippen molar-refractivity contribution in [2.24, 2.45) is 5.92 Å². The van der Waals surface area contributed by atoms with Crippen molar-refractivity contribution in [3.8, 4) is 0 Å². The van der Waals surface area contributed by atoms with E-state index in [1.165, 1.54) is 0 Å². The molecule has 1 aliphatic rings. The van der Waals surface area contributed by atoms with E-state index < -0.39 is 27.5 Å². The topological polar surface area (TPSA) is 104 Å². The highest BCUT2D eigenvalue weighted by Gasteiger charge is 2.46. The molecule has 0 saturated heterocycles. The van der Waals surface area contributed by atoms with Gasteiger partial charge in [0.1, 0.15) is 0 Å². The first-order chi connectivity index (χ1) is 10.1. The Hall–Kier alpha value is -0.960. The molecule has 1 aromatic carbocycles. The second-order valence-corrected chi connectivity index (χ2v) is 8.54. The quantitative estimate of drug-likeness (QED) is 0.679. The minimum atomic E-state index is -3.59. The molecule has 0 bridgehead atoms. The lowest BCUT2D eigenvalue weighted by atomic mass is 9.71. The molecule has 1 fully saturated rings. The van der Waals surface area contributed by atoms with Crippen LogP contribution < -0.4 is 4.72 Å². The van der Waals surface area contributed by atoms with Gasteiger partial charge in [0.05, 0.1) is 17.3 Å². The molecule has 0 radical (unpaired) electrons. The number of halogens is 1. The van der Waals surface area contributed by atoms with Gasteiger partial charge in [-0.15, -0.1) is 0 Å². The summed E-state index contributed by atoms with van der Waals surface area (Å²) in [6.07, 6.45) is 0.143. The summed E-state index contributed by atoms with van der Waals surface area (Å²) in [6.45, 7) is 1.67. The minimum absolute atomic E-state index is 0.0716. The van der Waals surface area contributed by atoms with Gasteiger partial charge < -0.3 is 10.2 Å². The minimum Gasteiger partial charge on any atom is -0.481 e. The van der Waals surface area contributed by atoms with E-state index in [1.807, 2.05) is 13.0 Å². The number of rotatable bonds is 6.